The maximum atomic E-state index is 12.4. The van der Waals surface area contributed by atoms with E-state index in [1.54, 1.807) is 16.8 Å². The van der Waals surface area contributed by atoms with Gasteiger partial charge in [-0.1, -0.05) is 13.8 Å². The average molecular weight is 246 g/mol. The first-order valence-electron chi connectivity index (χ1n) is 5.50. The predicted octanol–water partition coefficient (Wildman–Crippen LogP) is 1.59. The number of alkyl halides is 1. The van der Waals surface area contributed by atoms with E-state index in [2.05, 4.69) is 19.8 Å². The maximum Gasteiger partial charge on any atom is 0.188 e. The fraction of sp³-hybridized carbons (Fsp3) is 0.364. The van der Waals surface area contributed by atoms with E-state index in [1.807, 2.05) is 13.8 Å². The van der Waals surface area contributed by atoms with Gasteiger partial charge >= 0.3 is 0 Å². The monoisotopic (exact) mass is 246 g/mol. The summed E-state index contributed by atoms with van der Waals surface area (Å²) in [5.41, 5.74) is 0. The highest BCUT2D eigenvalue weighted by Gasteiger charge is 2.11. The third-order valence-corrected chi connectivity index (χ3v) is 2.28. The van der Waals surface area contributed by atoms with Crippen molar-refractivity contribution in [1.82, 2.24) is 19.7 Å². The van der Waals surface area contributed by atoms with Crippen LogP contribution in [0.5, 0.6) is 5.75 Å². The lowest BCUT2D eigenvalue weighted by Gasteiger charge is -2.09. The molecular formula is C11H12BFN4O. The Morgan fingerprint density at radius 3 is 2.67 bits per heavy atom. The number of nitrogens with zero attached hydrogens (tertiary/aromatic N) is 4. The molecule has 2 radical (unpaired) electrons. The Morgan fingerprint density at radius 2 is 2.11 bits per heavy atom. The Morgan fingerprint density at radius 1 is 1.33 bits per heavy atom. The van der Waals surface area contributed by atoms with Crippen molar-refractivity contribution in [3.8, 4) is 11.6 Å². The zero-order chi connectivity index (χ0) is 13.1. The molecule has 2 heterocycles. The quantitative estimate of drug-likeness (QED) is 0.768. The number of aromatic nitrogens is 4. The van der Waals surface area contributed by atoms with E-state index < -0.39 is 6.26 Å². The minimum Gasteiger partial charge on any atom is -0.468 e. The zero-order valence-corrected chi connectivity index (χ0v) is 10.1. The molecule has 1 atom stereocenters. The van der Waals surface area contributed by atoms with Crippen LogP contribution in [0.15, 0.2) is 24.7 Å². The first-order chi connectivity index (χ1) is 8.58. The average Bonchev–Trinajstić information content (AvgIpc) is 2.78. The van der Waals surface area contributed by atoms with Gasteiger partial charge in [0.25, 0.3) is 0 Å². The van der Waals surface area contributed by atoms with Gasteiger partial charge in [-0.2, -0.15) is 9.78 Å². The summed E-state index contributed by atoms with van der Waals surface area (Å²) in [5.74, 6) is 1.89. The van der Waals surface area contributed by atoms with E-state index in [4.69, 9.17) is 7.85 Å². The fourth-order valence-corrected chi connectivity index (χ4v) is 1.52. The lowest BCUT2D eigenvalue weighted by molar-refractivity contribution is 0.145. The van der Waals surface area contributed by atoms with Gasteiger partial charge in [-0.3, -0.25) is 0 Å². The molecule has 18 heavy (non-hydrogen) atoms. The molecule has 2 rings (SSSR count). The second-order valence-electron chi connectivity index (χ2n) is 4.01. The Kier molecular flexibility index (Phi) is 3.59. The number of ether oxygens (including phenoxy) is 1. The summed E-state index contributed by atoms with van der Waals surface area (Å²) in [6.45, 7) is 4.03. The molecule has 0 fully saturated rings. The Hall–Kier alpha value is -1.92. The van der Waals surface area contributed by atoms with E-state index in [0.717, 1.165) is 5.82 Å². The molecule has 2 aromatic heterocycles. The van der Waals surface area contributed by atoms with E-state index in [0.29, 0.717) is 5.82 Å². The molecule has 0 saturated heterocycles. The normalized spacial score (nSPS) is 12.7. The number of hydrogen-bond donors (Lipinski definition) is 0. The van der Waals surface area contributed by atoms with Crippen LogP contribution >= 0.6 is 0 Å². The molecule has 0 spiro atoms. The summed E-state index contributed by atoms with van der Waals surface area (Å²) >= 11 is 0. The molecule has 0 aliphatic rings. The van der Waals surface area contributed by atoms with E-state index in [-0.39, 0.29) is 11.7 Å². The molecule has 0 aliphatic heterocycles. The number of halogens is 1. The highest BCUT2D eigenvalue weighted by atomic mass is 19.1. The molecule has 2 aromatic rings. The Balaban J connectivity index is 2.26. The van der Waals surface area contributed by atoms with Crippen LogP contribution in [-0.2, 0) is 0 Å². The number of rotatable bonds is 4. The molecule has 0 saturated carbocycles. The van der Waals surface area contributed by atoms with Crippen molar-refractivity contribution in [2.45, 2.75) is 26.0 Å². The van der Waals surface area contributed by atoms with Gasteiger partial charge in [0.15, 0.2) is 19.9 Å². The molecule has 1 unspecified atom stereocenters. The minimum atomic E-state index is -1.85. The molecular weight excluding hydrogens is 234 g/mol. The Bertz CT molecular complexity index is 512. The summed E-state index contributed by atoms with van der Waals surface area (Å²) in [7, 11) is 4.88. The minimum absolute atomic E-state index is 0.226. The zero-order valence-electron chi connectivity index (χ0n) is 10.1. The Labute approximate surface area is 105 Å². The molecule has 0 N–H and O–H groups in total. The van der Waals surface area contributed by atoms with Crippen LogP contribution in [0.1, 0.15) is 25.6 Å². The van der Waals surface area contributed by atoms with Crippen molar-refractivity contribution >= 4 is 7.85 Å². The van der Waals surface area contributed by atoms with Crippen LogP contribution in [-0.4, -0.2) is 33.9 Å². The lowest BCUT2D eigenvalue weighted by atomic mass is 10.2. The summed E-state index contributed by atoms with van der Waals surface area (Å²) in [5, 5.41) is 4.10. The van der Waals surface area contributed by atoms with Crippen molar-refractivity contribution in [1.29, 1.82) is 0 Å². The highest BCUT2D eigenvalue weighted by molar-refractivity contribution is 6.10. The smallest absolute Gasteiger partial charge is 0.188 e. The van der Waals surface area contributed by atoms with Crippen molar-refractivity contribution < 1.29 is 9.13 Å². The van der Waals surface area contributed by atoms with Gasteiger partial charge in [-0.05, 0) is 12.1 Å². The second-order valence-corrected chi connectivity index (χ2v) is 4.01. The maximum absolute atomic E-state index is 12.4. The SMILES string of the molecule is [B]C(F)Oc1ccc(-n2ncnc2C(C)C)nc1. The molecule has 0 aromatic carbocycles. The highest BCUT2D eigenvalue weighted by Crippen LogP contribution is 2.17. The molecule has 0 aliphatic carbocycles. The van der Waals surface area contributed by atoms with Gasteiger partial charge in [-0.25, -0.2) is 14.4 Å². The van der Waals surface area contributed by atoms with Gasteiger partial charge in [-0.15, -0.1) is 0 Å². The summed E-state index contributed by atoms with van der Waals surface area (Å²) < 4.78 is 18.7. The van der Waals surface area contributed by atoms with Gasteiger partial charge < -0.3 is 4.74 Å². The molecule has 92 valence electrons. The number of hydrogen-bond acceptors (Lipinski definition) is 4. The van der Waals surface area contributed by atoms with Crippen molar-refractivity contribution in [3.63, 3.8) is 0 Å². The first-order valence-corrected chi connectivity index (χ1v) is 5.50. The van der Waals surface area contributed by atoms with Crippen LogP contribution in [0.25, 0.3) is 5.82 Å². The van der Waals surface area contributed by atoms with Gasteiger partial charge in [0.05, 0.1) is 6.20 Å². The standard InChI is InChI=1S/C11H12BFN4O/c1-7(2)10-15-6-16-17(10)9-4-3-8(5-14-9)18-11(12)13/h3-7,11H,1-2H3. The molecule has 7 heteroatoms. The van der Waals surface area contributed by atoms with E-state index >= 15 is 0 Å². The van der Waals surface area contributed by atoms with Crippen LogP contribution in [0.4, 0.5) is 4.39 Å². The summed E-state index contributed by atoms with van der Waals surface area (Å²) in [6.07, 6.45) is 1.01. The van der Waals surface area contributed by atoms with Gasteiger partial charge in [0.2, 0.25) is 0 Å². The van der Waals surface area contributed by atoms with Crippen molar-refractivity contribution in [3.05, 3.63) is 30.5 Å². The van der Waals surface area contributed by atoms with Crippen LogP contribution < -0.4 is 4.74 Å². The topological polar surface area (TPSA) is 52.8 Å². The summed E-state index contributed by atoms with van der Waals surface area (Å²) in [4.78, 5) is 8.29. The number of pyridine rings is 1. The van der Waals surface area contributed by atoms with Crippen molar-refractivity contribution in [2.24, 2.45) is 0 Å². The van der Waals surface area contributed by atoms with Crippen LogP contribution in [0.3, 0.4) is 0 Å². The molecule has 5 nitrogen and oxygen atoms in total. The van der Waals surface area contributed by atoms with Crippen molar-refractivity contribution in [2.75, 3.05) is 0 Å². The van der Waals surface area contributed by atoms with Crippen LogP contribution in [0, 0.1) is 0 Å². The van der Waals surface area contributed by atoms with E-state index in [1.165, 1.54) is 12.5 Å². The lowest BCUT2D eigenvalue weighted by Crippen LogP contribution is -2.10. The molecule has 0 amide bonds. The summed E-state index contributed by atoms with van der Waals surface area (Å²) in [6, 6.07) is 3.24. The second kappa shape index (κ2) is 5.16. The van der Waals surface area contributed by atoms with Gasteiger partial charge in [0, 0.05) is 5.92 Å². The van der Waals surface area contributed by atoms with Gasteiger partial charge in [0.1, 0.15) is 17.9 Å². The third-order valence-electron chi connectivity index (χ3n) is 2.28. The molecule has 0 bridgehead atoms. The predicted molar refractivity (Wildman–Crippen MR) is 64.5 cm³/mol. The first kappa shape index (κ1) is 12.5. The third kappa shape index (κ3) is 2.66. The van der Waals surface area contributed by atoms with Crippen LogP contribution in [0.2, 0.25) is 0 Å². The van der Waals surface area contributed by atoms with E-state index in [9.17, 15) is 4.39 Å². The largest absolute Gasteiger partial charge is 0.468 e. The fourth-order valence-electron chi connectivity index (χ4n) is 1.52.